The van der Waals surface area contributed by atoms with Crippen LogP contribution < -0.4 is 53.2 Å². The first-order valence-electron chi connectivity index (χ1n) is 23.1. The molecule has 2 aliphatic carbocycles. The van der Waals surface area contributed by atoms with Crippen molar-refractivity contribution in [1.29, 1.82) is 0 Å². The summed E-state index contributed by atoms with van der Waals surface area (Å²) in [7, 11) is 3.04. The number of carbonyl (C=O) groups excluding carboxylic acids is 6. The molecule has 0 spiro atoms. The zero-order chi connectivity index (χ0) is 47.3. The minimum Gasteiger partial charge on any atom is -0.355 e. The Morgan fingerprint density at radius 3 is 0.941 bits per heavy atom. The lowest BCUT2D eigenvalue weighted by Crippen LogP contribution is -2.33. The molecule has 68 heavy (non-hydrogen) atoms. The van der Waals surface area contributed by atoms with E-state index in [1.165, 1.54) is 26.2 Å². The molecule has 0 fully saturated rings. The fourth-order valence-electron chi connectivity index (χ4n) is 10.0. The smallest absolute Gasteiger partial charge is 0.319 e. The topological polar surface area (TPSA) is 223 Å². The third-order valence-corrected chi connectivity index (χ3v) is 13.3. The van der Waals surface area contributed by atoms with Crippen molar-refractivity contribution in [1.82, 2.24) is 31.9 Å². The zero-order valence-corrected chi connectivity index (χ0v) is 38.0. The molecule has 0 saturated carbocycles. The third kappa shape index (κ3) is 9.30. The molecule has 1 aliphatic heterocycles. The van der Waals surface area contributed by atoms with Crippen LogP contribution in [0, 0.1) is 0 Å². The zero-order valence-electron chi connectivity index (χ0n) is 38.0. The van der Waals surface area contributed by atoms with Gasteiger partial charge in [0.2, 0.25) is 0 Å². The first-order chi connectivity index (χ1) is 33.1. The van der Waals surface area contributed by atoms with Gasteiger partial charge in [0, 0.05) is 51.4 Å². The predicted molar refractivity (Wildman–Crippen MR) is 264 cm³/mol. The van der Waals surface area contributed by atoms with Gasteiger partial charge in [-0.1, -0.05) is 48.5 Å². The Hall–Kier alpha value is -8.14. The monoisotopic (exact) mass is 914 g/mol. The van der Waals surface area contributed by atoms with E-state index in [0.717, 1.165) is 117 Å². The molecule has 3 aliphatic rings. The van der Waals surface area contributed by atoms with Crippen LogP contribution in [-0.4, -0.2) is 50.0 Å². The van der Waals surface area contributed by atoms with Gasteiger partial charge in [0.15, 0.2) is 0 Å². The van der Waals surface area contributed by atoms with Gasteiger partial charge in [-0.05, 0) is 154 Å². The lowest BCUT2D eigenvalue weighted by atomic mass is 9.81. The van der Waals surface area contributed by atoms with E-state index in [9.17, 15) is 28.8 Å². The highest BCUT2D eigenvalue weighted by molar-refractivity contribution is 6.04. The van der Waals surface area contributed by atoms with E-state index in [4.69, 9.17) is 0 Å². The molecule has 1 heterocycles. The highest BCUT2D eigenvalue weighted by Crippen LogP contribution is 2.38. The van der Waals surface area contributed by atoms with Crippen molar-refractivity contribution < 1.29 is 28.8 Å². The maximum absolute atomic E-state index is 13.9. The quantitative estimate of drug-likeness (QED) is 0.0827. The van der Waals surface area contributed by atoms with Gasteiger partial charge >= 0.3 is 24.1 Å². The average molecular weight is 915 g/mol. The van der Waals surface area contributed by atoms with E-state index >= 15 is 0 Å². The Morgan fingerprint density at radius 2 is 0.662 bits per heavy atom. The summed E-state index contributed by atoms with van der Waals surface area (Å²) in [6.07, 6.45) is 6.98. The van der Waals surface area contributed by atoms with E-state index in [-0.39, 0.29) is 49.4 Å². The molecule has 0 atom stereocenters. The predicted octanol–water partition coefficient (Wildman–Crippen LogP) is 8.07. The molecule has 0 aromatic heterocycles. The maximum atomic E-state index is 13.9. The van der Waals surface area contributed by atoms with Crippen LogP contribution in [0.15, 0.2) is 84.9 Å². The molecule has 0 unspecified atom stereocenters. The summed E-state index contributed by atoms with van der Waals surface area (Å²) in [5.41, 5.74) is 10.00. The fourth-order valence-corrected chi connectivity index (χ4v) is 10.0. The van der Waals surface area contributed by atoms with E-state index in [1.54, 1.807) is 24.3 Å². The van der Waals surface area contributed by atoms with Crippen LogP contribution in [0.3, 0.4) is 0 Å². The number of benzene rings is 6. The minimum atomic E-state index is -0.532. The van der Waals surface area contributed by atoms with Gasteiger partial charge in [-0.2, -0.15) is 0 Å². The number of rotatable bonds is 2. The molecule has 348 valence electrons. The van der Waals surface area contributed by atoms with Gasteiger partial charge in [-0.3, -0.25) is 9.59 Å². The molecular formula is C52H54N10O6. The molecule has 6 aromatic carbocycles. The summed E-state index contributed by atoms with van der Waals surface area (Å²) in [6.45, 7) is 0.774. The van der Waals surface area contributed by atoms with Gasteiger partial charge in [-0.15, -0.1) is 0 Å². The first-order valence-corrected chi connectivity index (χ1v) is 23.1. The maximum Gasteiger partial charge on any atom is 0.319 e. The van der Waals surface area contributed by atoms with Crippen molar-refractivity contribution in [3.8, 4) is 0 Å². The minimum absolute atomic E-state index is 0.184. The van der Waals surface area contributed by atoms with E-state index in [2.05, 4.69) is 53.2 Å². The van der Waals surface area contributed by atoms with E-state index in [1.807, 2.05) is 48.5 Å². The Labute approximate surface area is 393 Å². The highest BCUT2D eigenvalue weighted by Gasteiger charge is 2.25. The second-order valence-electron chi connectivity index (χ2n) is 17.2. The van der Waals surface area contributed by atoms with Crippen molar-refractivity contribution in [2.75, 3.05) is 35.4 Å². The molecule has 9 rings (SSSR count). The molecule has 6 aromatic rings. The number of hydrogen-bond donors (Lipinski definition) is 10. The lowest BCUT2D eigenvalue weighted by Gasteiger charge is -2.27. The number of carbonyl (C=O) groups is 6. The fraction of sp³-hybridized carbons (Fsp3) is 0.269. The normalized spacial score (nSPS) is 15.7. The molecule has 10 amide bonds. The van der Waals surface area contributed by atoms with Crippen molar-refractivity contribution in [3.63, 3.8) is 0 Å². The molecular weight excluding hydrogens is 861 g/mol. The molecule has 0 saturated heterocycles. The third-order valence-electron chi connectivity index (χ3n) is 13.3. The number of fused-ring (bicyclic) bond motifs is 8. The van der Waals surface area contributed by atoms with Crippen LogP contribution in [0.25, 0.3) is 21.5 Å². The Morgan fingerprint density at radius 1 is 0.382 bits per heavy atom. The van der Waals surface area contributed by atoms with Crippen molar-refractivity contribution in [2.45, 2.75) is 77.5 Å². The Bertz CT molecular complexity index is 2840. The van der Waals surface area contributed by atoms with Gasteiger partial charge < -0.3 is 53.2 Å². The standard InChI is InChI=1S/C52H54N10O6/c1-53-47(63)29-19-21-43-45(23-29)61-51(67)57-27-41-35-15-7-9-17-37(35)42(38-18-10-8-16-36(38)41)28-58-52(68)62-46-24-30(48(64)54-2)20-22-44(46)60-50(66)56-26-40-33-13-5-3-11-31(33)39(25-55-49(65)59-43)32-12-4-6-14-34(32)40/h3,5,7,9,11,13,15,17,19-24H,4,6,8,10,12,14,16,18,25-28H2,1-2H3,(H,53,63)(H,54,64)(H2,55,59,65)(H2,56,60,66)(H2,57,61,67)(H2,58,62,68). The van der Waals surface area contributed by atoms with Gasteiger partial charge in [0.05, 0.1) is 22.7 Å². The van der Waals surface area contributed by atoms with Crippen molar-refractivity contribution in [3.05, 3.63) is 141 Å². The first kappa shape index (κ1) is 45.0. The summed E-state index contributed by atoms with van der Waals surface area (Å²) in [5, 5.41) is 32.8. The van der Waals surface area contributed by atoms with E-state index in [0.29, 0.717) is 22.5 Å². The van der Waals surface area contributed by atoms with Crippen LogP contribution >= 0.6 is 0 Å². The molecule has 16 heteroatoms. The van der Waals surface area contributed by atoms with Crippen LogP contribution in [0.5, 0.6) is 0 Å². The summed E-state index contributed by atoms with van der Waals surface area (Å²) in [6, 6.07) is 23.2. The molecule has 10 N–H and O–H groups in total. The number of urea groups is 4. The van der Waals surface area contributed by atoms with E-state index < -0.39 is 24.1 Å². The Balaban J connectivity index is 1.10. The second-order valence-corrected chi connectivity index (χ2v) is 17.2. The summed E-state index contributed by atoms with van der Waals surface area (Å²) in [5.74, 6) is -0.717. The highest BCUT2D eigenvalue weighted by atomic mass is 16.2. The molecule has 4 bridgehead atoms. The van der Waals surface area contributed by atoms with Crippen LogP contribution in [-0.2, 0) is 51.9 Å². The van der Waals surface area contributed by atoms with Gasteiger partial charge in [-0.25, -0.2) is 19.2 Å². The van der Waals surface area contributed by atoms with Crippen molar-refractivity contribution in [2.24, 2.45) is 0 Å². The number of anilines is 4. The molecule has 0 radical (unpaired) electrons. The van der Waals surface area contributed by atoms with Crippen LogP contribution in [0.2, 0.25) is 0 Å². The number of nitrogens with one attached hydrogen (secondary N) is 10. The Kier molecular flexibility index (Phi) is 13.1. The molecule has 16 nitrogen and oxygen atoms in total. The summed E-state index contributed by atoms with van der Waals surface area (Å²) >= 11 is 0. The van der Waals surface area contributed by atoms with Crippen molar-refractivity contribution >= 4 is 80.2 Å². The number of hydrogen-bond acceptors (Lipinski definition) is 6. The lowest BCUT2D eigenvalue weighted by molar-refractivity contribution is 0.0955. The van der Waals surface area contributed by atoms with Crippen LogP contribution in [0.1, 0.15) is 90.9 Å². The van der Waals surface area contributed by atoms with Crippen LogP contribution in [0.4, 0.5) is 41.9 Å². The van der Waals surface area contributed by atoms with Gasteiger partial charge in [0.25, 0.3) is 11.8 Å². The van der Waals surface area contributed by atoms with Gasteiger partial charge in [0.1, 0.15) is 0 Å². The summed E-state index contributed by atoms with van der Waals surface area (Å²) in [4.78, 5) is 81.0. The largest absolute Gasteiger partial charge is 0.355 e. The average Bonchev–Trinajstić information content (AvgIpc) is 3.36. The second kappa shape index (κ2) is 19.8. The SMILES string of the molecule is CNC(=O)c1ccc2c(c1)NC(=O)NCc1c3c(c(c4ccccc14)CNC(=O)Nc1cc(C(=O)NC)ccc1NC(=O)NCc1c4c(c(c5ccccc15)CNC(=O)N2)CCCC4)CCCC3. The summed E-state index contributed by atoms with van der Waals surface area (Å²) < 4.78 is 0. The number of amides is 10.